The van der Waals surface area contributed by atoms with E-state index >= 15 is 0 Å². The van der Waals surface area contributed by atoms with Crippen LogP contribution < -0.4 is 0 Å². The molecule has 1 rings (SSSR count). The zero-order valence-corrected chi connectivity index (χ0v) is 10.5. The van der Waals surface area contributed by atoms with E-state index in [0.29, 0.717) is 5.92 Å². The highest BCUT2D eigenvalue weighted by molar-refractivity contribution is 5.25. The Hall–Kier alpha value is -0.780. The van der Waals surface area contributed by atoms with Gasteiger partial charge in [-0.05, 0) is 24.3 Å². The van der Waals surface area contributed by atoms with E-state index in [4.69, 9.17) is 0 Å². The lowest BCUT2D eigenvalue weighted by molar-refractivity contribution is 0.535. The van der Waals surface area contributed by atoms with E-state index in [1.165, 1.54) is 11.1 Å². The summed E-state index contributed by atoms with van der Waals surface area (Å²) in [5.74, 6) is 1.40. The van der Waals surface area contributed by atoms with Crippen LogP contribution in [0, 0.1) is 12.8 Å². The quantitative estimate of drug-likeness (QED) is 0.632. The molecule has 0 heterocycles. The molecule has 0 heteroatoms. The van der Waals surface area contributed by atoms with Crippen molar-refractivity contribution >= 4 is 0 Å². The van der Waals surface area contributed by atoms with Crippen LogP contribution in [0.25, 0.3) is 0 Å². The van der Waals surface area contributed by atoms with Gasteiger partial charge < -0.3 is 0 Å². The molecule has 80 valence electrons. The maximum atomic E-state index is 2.29. The van der Waals surface area contributed by atoms with Gasteiger partial charge in [-0.3, -0.25) is 0 Å². The molecule has 0 aliphatic carbocycles. The van der Waals surface area contributed by atoms with Gasteiger partial charge in [-0.15, -0.1) is 0 Å². The lowest BCUT2D eigenvalue weighted by Gasteiger charge is -2.16. The van der Waals surface area contributed by atoms with Crippen molar-refractivity contribution in [2.45, 2.75) is 47.5 Å². The molecule has 0 amide bonds. The van der Waals surface area contributed by atoms with Crippen LogP contribution in [0.15, 0.2) is 24.3 Å². The van der Waals surface area contributed by atoms with E-state index in [1.54, 1.807) is 0 Å². The van der Waals surface area contributed by atoms with Gasteiger partial charge in [0.25, 0.3) is 0 Å². The van der Waals surface area contributed by atoms with Gasteiger partial charge >= 0.3 is 0 Å². The first-order valence-electron chi connectivity index (χ1n) is 5.68. The fourth-order valence-electron chi connectivity index (χ4n) is 1.34. The molecule has 0 fully saturated rings. The van der Waals surface area contributed by atoms with E-state index in [2.05, 4.69) is 52.0 Å². The van der Waals surface area contributed by atoms with Crippen molar-refractivity contribution < 1.29 is 0 Å². The van der Waals surface area contributed by atoms with Crippen LogP contribution in [0.3, 0.4) is 0 Å². The minimum absolute atomic E-state index is 0.671. The second kappa shape index (κ2) is 6.64. The van der Waals surface area contributed by atoms with Crippen molar-refractivity contribution in [2.75, 3.05) is 0 Å². The summed E-state index contributed by atoms with van der Waals surface area (Å²) in [5, 5.41) is 0. The molecule has 1 aromatic rings. The van der Waals surface area contributed by atoms with Crippen molar-refractivity contribution in [3.05, 3.63) is 35.4 Å². The molecule has 1 aromatic carbocycles. The summed E-state index contributed by atoms with van der Waals surface area (Å²) < 4.78 is 0. The van der Waals surface area contributed by atoms with Gasteiger partial charge in [0.05, 0.1) is 0 Å². The fourth-order valence-corrected chi connectivity index (χ4v) is 1.34. The second-order valence-electron chi connectivity index (χ2n) is 3.95. The standard InChI is InChI=1S/C12H18.C2H6/c1-9(2)11(4)12-7-5-6-10(3)8-12;1-2/h5-9,11H,1-4H3;1-2H3. The predicted molar refractivity (Wildman–Crippen MR) is 65.8 cm³/mol. The summed E-state index contributed by atoms with van der Waals surface area (Å²) >= 11 is 0. The second-order valence-corrected chi connectivity index (χ2v) is 3.95. The van der Waals surface area contributed by atoms with Gasteiger partial charge in [-0.25, -0.2) is 0 Å². The molecule has 0 saturated heterocycles. The molecule has 1 atom stereocenters. The fraction of sp³-hybridized carbons (Fsp3) is 0.571. The lowest BCUT2D eigenvalue weighted by atomic mass is 9.90. The lowest BCUT2D eigenvalue weighted by Crippen LogP contribution is -2.01. The third-order valence-corrected chi connectivity index (χ3v) is 2.57. The minimum Gasteiger partial charge on any atom is -0.0683 e. The monoisotopic (exact) mass is 192 g/mol. The Labute approximate surface area is 89.4 Å². The summed E-state index contributed by atoms with van der Waals surface area (Å²) in [6, 6.07) is 8.79. The normalized spacial score (nSPS) is 11.9. The Kier molecular flexibility index (Phi) is 6.27. The molecule has 0 aliphatic heterocycles. The summed E-state index contributed by atoms with van der Waals surface area (Å²) in [6.45, 7) is 13.0. The first-order valence-corrected chi connectivity index (χ1v) is 5.68. The molecule has 0 radical (unpaired) electrons. The SMILES string of the molecule is CC.Cc1cccc(C(C)C(C)C)c1. The van der Waals surface area contributed by atoms with Crippen molar-refractivity contribution in [3.8, 4) is 0 Å². The van der Waals surface area contributed by atoms with Crippen molar-refractivity contribution in [1.82, 2.24) is 0 Å². The number of rotatable bonds is 2. The van der Waals surface area contributed by atoms with Crippen molar-refractivity contribution in [3.63, 3.8) is 0 Å². The van der Waals surface area contributed by atoms with E-state index in [1.807, 2.05) is 13.8 Å². The third-order valence-electron chi connectivity index (χ3n) is 2.57. The van der Waals surface area contributed by atoms with Crippen LogP contribution in [0.2, 0.25) is 0 Å². The zero-order chi connectivity index (χ0) is 11.1. The zero-order valence-electron chi connectivity index (χ0n) is 10.5. The molecular formula is C14H24. The number of benzene rings is 1. The number of hydrogen-bond donors (Lipinski definition) is 0. The van der Waals surface area contributed by atoms with Crippen molar-refractivity contribution in [2.24, 2.45) is 5.92 Å². The summed E-state index contributed by atoms with van der Waals surface area (Å²) in [6.07, 6.45) is 0. The molecule has 0 aliphatic rings. The first-order chi connectivity index (χ1) is 6.61. The molecule has 0 nitrogen and oxygen atoms in total. The van der Waals surface area contributed by atoms with Crippen molar-refractivity contribution in [1.29, 1.82) is 0 Å². The Morgan fingerprint density at radius 1 is 1.00 bits per heavy atom. The van der Waals surface area contributed by atoms with Gasteiger partial charge in [0.2, 0.25) is 0 Å². The van der Waals surface area contributed by atoms with Crippen LogP contribution in [-0.2, 0) is 0 Å². The smallest absolute Gasteiger partial charge is 0.0167 e. The van der Waals surface area contributed by atoms with Gasteiger partial charge in [0.1, 0.15) is 0 Å². The topological polar surface area (TPSA) is 0 Å². The summed E-state index contributed by atoms with van der Waals surface area (Å²) in [4.78, 5) is 0. The van der Waals surface area contributed by atoms with Crippen LogP contribution in [0.5, 0.6) is 0 Å². The Morgan fingerprint density at radius 2 is 1.57 bits per heavy atom. The Bertz CT molecular complexity index is 248. The Morgan fingerprint density at radius 3 is 2.00 bits per heavy atom. The van der Waals surface area contributed by atoms with Gasteiger partial charge in [-0.1, -0.05) is 64.4 Å². The molecular weight excluding hydrogens is 168 g/mol. The highest BCUT2D eigenvalue weighted by Crippen LogP contribution is 2.23. The van der Waals surface area contributed by atoms with Gasteiger partial charge in [-0.2, -0.15) is 0 Å². The largest absolute Gasteiger partial charge is 0.0683 e. The highest BCUT2D eigenvalue weighted by atomic mass is 14.1. The first kappa shape index (κ1) is 13.2. The predicted octanol–water partition coefficient (Wildman–Crippen LogP) is 4.78. The molecule has 0 bridgehead atoms. The van der Waals surface area contributed by atoms with E-state index < -0.39 is 0 Å². The molecule has 0 spiro atoms. The van der Waals surface area contributed by atoms with Crippen LogP contribution in [0.1, 0.15) is 51.7 Å². The maximum Gasteiger partial charge on any atom is -0.0167 e. The molecule has 0 aromatic heterocycles. The van der Waals surface area contributed by atoms with Crippen LogP contribution in [-0.4, -0.2) is 0 Å². The molecule has 0 saturated carbocycles. The van der Waals surface area contributed by atoms with Gasteiger partial charge in [0, 0.05) is 0 Å². The number of hydrogen-bond acceptors (Lipinski definition) is 0. The number of aryl methyl sites for hydroxylation is 1. The maximum absolute atomic E-state index is 2.29. The van der Waals surface area contributed by atoms with E-state index in [0.717, 1.165) is 5.92 Å². The van der Waals surface area contributed by atoms with Crippen LogP contribution in [0.4, 0.5) is 0 Å². The average Bonchev–Trinajstić information content (AvgIpc) is 2.19. The molecule has 14 heavy (non-hydrogen) atoms. The summed E-state index contributed by atoms with van der Waals surface area (Å²) in [5.41, 5.74) is 2.82. The van der Waals surface area contributed by atoms with Crippen LogP contribution >= 0.6 is 0 Å². The molecule has 1 unspecified atom stereocenters. The average molecular weight is 192 g/mol. The summed E-state index contributed by atoms with van der Waals surface area (Å²) in [7, 11) is 0. The minimum atomic E-state index is 0.671. The Balaban J connectivity index is 0.000000791. The van der Waals surface area contributed by atoms with E-state index in [9.17, 15) is 0 Å². The van der Waals surface area contributed by atoms with Gasteiger partial charge in [0.15, 0.2) is 0 Å². The molecule has 0 N–H and O–H groups in total. The third kappa shape index (κ3) is 3.95. The van der Waals surface area contributed by atoms with E-state index in [-0.39, 0.29) is 0 Å². The highest BCUT2D eigenvalue weighted by Gasteiger charge is 2.08.